The molecule has 1 amide bonds. The molecule has 8 heteroatoms. The van der Waals surface area contributed by atoms with Gasteiger partial charge in [0.1, 0.15) is 0 Å². The van der Waals surface area contributed by atoms with Crippen LogP contribution in [0.4, 0.5) is 14.5 Å². The van der Waals surface area contributed by atoms with Gasteiger partial charge in [-0.1, -0.05) is 12.1 Å². The zero-order chi connectivity index (χ0) is 17.7. The van der Waals surface area contributed by atoms with E-state index in [0.29, 0.717) is 18.5 Å². The first-order valence-electron chi connectivity index (χ1n) is 7.90. The monoisotopic (exact) mass is 379 g/mol. The van der Waals surface area contributed by atoms with Crippen LogP contribution in [0.1, 0.15) is 43.6 Å². The summed E-state index contributed by atoms with van der Waals surface area (Å²) in [7, 11) is 0. The number of rotatable bonds is 6. The topological polar surface area (TPSA) is 89.5 Å². The Morgan fingerprint density at radius 1 is 1.32 bits per heavy atom. The van der Waals surface area contributed by atoms with Crippen LogP contribution >= 0.6 is 0 Å². The van der Waals surface area contributed by atoms with Gasteiger partial charge in [-0.05, 0) is 36.5 Å². The van der Waals surface area contributed by atoms with Crippen LogP contribution in [-0.2, 0) is 9.59 Å². The molecule has 0 saturated heterocycles. The number of amides is 1. The van der Waals surface area contributed by atoms with Gasteiger partial charge in [-0.15, -0.1) is 0 Å². The molecule has 0 aliphatic heterocycles. The van der Waals surface area contributed by atoms with Crippen molar-refractivity contribution in [3.63, 3.8) is 0 Å². The average molecular weight is 379 g/mol. The summed E-state index contributed by atoms with van der Waals surface area (Å²) in [5.41, 5.74) is 1.32. The Bertz CT molecular complexity index is 602. The molecule has 25 heavy (non-hydrogen) atoms. The second-order valence-electron chi connectivity index (χ2n) is 6.20. The number of alkyl halides is 2. The van der Waals surface area contributed by atoms with Crippen LogP contribution in [0.5, 0.6) is 0 Å². The third kappa shape index (κ3) is 7.03. The number of carboxylic acids is 1. The molecule has 2 N–H and O–H groups in total. The number of aliphatic carboxylic acids is 1. The maximum atomic E-state index is 13.2. The standard InChI is InChI=1S/C17H21F2NO4.K/c18-17(19)6-4-11(5-7-17)12-2-1-3-14(8-12)20-16(24)13(10-21)9-15(22)23;/h1-3,8,11,13,21H,4-7,9-10H2,(H,20,24)(H,22,23);/q;+1/p-1. The zero-order valence-electron chi connectivity index (χ0n) is 14.1. The fraction of sp³-hybridized carbons (Fsp3) is 0.529. The molecule has 1 aromatic carbocycles. The summed E-state index contributed by atoms with van der Waals surface area (Å²) in [5, 5.41) is 22.2. The first kappa shape index (κ1) is 22.7. The van der Waals surface area contributed by atoms with E-state index in [2.05, 4.69) is 5.32 Å². The summed E-state index contributed by atoms with van der Waals surface area (Å²) in [5.74, 6) is -5.71. The maximum absolute atomic E-state index is 13.2. The third-order valence-corrected chi connectivity index (χ3v) is 4.35. The van der Waals surface area contributed by atoms with Gasteiger partial charge in [-0.25, -0.2) is 8.78 Å². The van der Waals surface area contributed by atoms with Crippen LogP contribution in [0.25, 0.3) is 0 Å². The molecule has 1 aliphatic carbocycles. The molecule has 132 valence electrons. The van der Waals surface area contributed by atoms with E-state index in [4.69, 9.17) is 5.11 Å². The van der Waals surface area contributed by atoms with Gasteiger partial charge < -0.3 is 20.3 Å². The second kappa shape index (κ2) is 10.1. The van der Waals surface area contributed by atoms with E-state index < -0.39 is 36.7 Å². The zero-order valence-corrected chi connectivity index (χ0v) is 17.3. The summed E-state index contributed by atoms with van der Waals surface area (Å²) in [4.78, 5) is 22.6. The van der Waals surface area contributed by atoms with Crippen LogP contribution in [0.3, 0.4) is 0 Å². The Morgan fingerprint density at radius 2 is 1.96 bits per heavy atom. The van der Waals surface area contributed by atoms with Crippen molar-refractivity contribution in [3.05, 3.63) is 29.8 Å². The first-order valence-corrected chi connectivity index (χ1v) is 7.90. The molecule has 1 saturated carbocycles. The van der Waals surface area contributed by atoms with Crippen molar-refractivity contribution in [2.75, 3.05) is 11.9 Å². The molecule has 1 unspecified atom stereocenters. The molecule has 1 aliphatic rings. The van der Waals surface area contributed by atoms with Gasteiger partial charge in [0.25, 0.3) is 0 Å². The molecule has 5 nitrogen and oxygen atoms in total. The number of carbonyl (C=O) groups is 2. The summed E-state index contributed by atoms with van der Waals surface area (Å²) in [6.07, 6.45) is -0.0959. The predicted octanol–water partition coefficient (Wildman–Crippen LogP) is -1.33. The van der Waals surface area contributed by atoms with Crippen LogP contribution in [0.2, 0.25) is 0 Å². The molecular weight excluding hydrogens is 359 g/mol. The van der Waals surface area contributed by atoms with E-state index in [0.717, 1.165) is 5.56 Å². The molecule has 0 heterocycles. The molecule has 1 aromatic rings. The molecule has 0 bridgehead atoms. The fourth-order valence-electron chi connectivity index (χ4n) is 2.93. The fourth-order valence-corrected chi connectivity index (χ4v) is 2.93. The van der Waals surface area contributed by atoms with E-state index in [1.165, 1.54) is 0 Å². The number of benzene rings is 1. The number of carboxylic acid groups (broad SMARTS) is 1. The van der Waals surface area contributed by atoms with E-state index >= 15 is 0 Å². The molecule has 2 rings (SSSR count). The molecule has 0 spiro atoms. The summed E-state index contributed by atoms with van der Waals surface area (Å²) >= 11 is 0. The minimum Gasteiger partial charge on any atom is -0.550 e. The van der Waals surface area contributed by atoms with Gasteiger partial charge in [0.2, 0.25) is 11.8 Å². The number of aliphatic hydroxyl groups is 1. The quantitative estimate of drug-likeness (QED) is 0.600. The second-order valence-corrected chi connectivity index (χ2v) is 6.20. The van der Waals surface area contributed by atoms with Crippen molar-refractivity contribution in [2.24, 2.45) is 5.92 Å². The van der Waals surface area contributed by atoms with Crippen molar-refractivity contribution in [2.45, 2.75) is 43.9 Å². The van der Waals surface area contributed by atoms with Gasteiger partial charge in [-0.2, -0.15) is 0 Å². The van der Waals surface area contributed by atoms with Crippen molar-refractivity contribution in [3.8, 4) is 0 Å². The van der Waals surface area contributed by atoms with Crippen molar-refractivity contribution in [1.29, 1.82) is 0 Å². The van der Waals surface area contributed by atoms with E-state index in [1.807, 2.05) is 6.07 Å². The summed E-state index contributed by atoms with van der Waals surface area (Å²) in [6.45, 7) is -0.600. The smallest absolute Gasteiger partial charge is 0.550 e. The van der Waals surface area contributed by atoms with Crippen LogP contribution in [-0.4, -0.2) is 29.5 Å². The van der Waals surface area contributed by atoms with Crippen LogP contribution in [0.15, 0.2) is 24.3 Å². The average Bonchev–Trinajstić information content (AvgIpc) is 2.52. The van der Waals surface area contributed by atoms with Crippen LogP contribution in [0, 0.1) is 5.92 Å². The van der Waals surface area contributed by atoms with Crippen LogP contribution < -0.4 is 61.8 Å². The number of nitrogens with one attached hydrogen (secondary N) is 1. The van der Waals surface area contributed by atoms with Gasteiger partial charge in [0, 0.05) is 30.9 Å². The number of halogens is 2. The van der Waals surface area contributed by atoms with E-state index in [9.17, 15) is 23.5 Å². The number of hydrogen-bond acceptors (Lipinski definition) is 4. The number of anilines is 1. The Kier molecular flexibility index (Phi) is 9.14. The first-order chi connectivity index (χ1) is 11.3. The number of aliphatic hydroxyl groups excluding tert-OH is 1. The third-order valence-electron chi connectivity index (χ3n) is 4.35. The van der Waals surface area contributed by atoms with E-state index in [1.54, 1.807) is 18.2 Å². The summed E-state index contributed by atoms with van der Waals surface area (Å²) < 4.78 is 26.5. The number of hydrogen-bond donors (Lipinski definition) is 2. The largest absolute Gasteiger partial charge is 1.00 e. The van der Waals surface area contributed by atoms with Crippen molar-refractivity contribution in [1.82, 2.24) is 0 Å². The van der Waals surface area contributed by atoms with Crippen molar-refractivity contribution >= 4 is 17.6 Å². The Balaban J connectivity index is 0.00000312. The van der Waals surface area contributed by atoms with E-state index in [-0.39, 0.29) is 70.1 Å². The molecule has 1 atom stereocenters. The Hall–Kier alpha value is -0.384. The minimum absolute atomic E-state index is 0. The normalized spacial score (nSPS) is 18.0. The van der Waals surface area contributed by atoms with Crippen molar-refractivity contribution < 1.29 is 80.0 Å². The summed E-state index contributed by atoms with van der Waals surface area (Å²) in [6, 6.07) is 6.88. The van der Waals surface area contributed by atoms with Gasteiger partial charge in [-0.3, -0.25) is 4.79 Å². The van der Waals surface area contributed by atoms with Gasteiger partial charge in [0.15, 0.2) is 0 Å². The number of carbonyl (C=O) groups excluding carboxylic acids is 2. The van der Waals surface area contributed by atoms with Gasteiger partial charge in [0.05, 0.1) is 12.5 Å². The molecule has 0 radical (unpaired) electrons. The predicted molar refractivity (Wildman–Crippen MR) is 81.4 cm³/mol. The Morgan fingerprint density at radius 3 is 2.52 bits per heavy atom. The maximum Gasteiger partial charge on any atom is 1.00 e. The molecule has 0 aromatic heterocycles. The minimum atomic E-state index is -2.60. The molecular formula is C17H20F2KNO4. The SMILES string of the molecule is O=C([O-])CC(CO)C(=O)Nc1cccc(C2CCC(F)(F)CC2)c1.[K+]. The molecule has 1 fully saturated rings. The Labute approximate surface area is 187 Å². The van der Waals surface area contributed by atoms with Gasteiger partial charge >= 0.3 is 51.4 Å².